The Morgan fingerprint density at radius 3 is 2.62 bits per heavy atom. The van der Waals surface area contributed by atoms with E-state index in [0.29, 0.717) is 17.8 Å². The second-order valence-electron chi connectivity index (χ2n) is 4.34. The van der Waals surface area contributed by atoms with Crippen LogP contribution in [0.4, 0.5) is 5.69 Å². The summed E-state index contributed by atoms with van der Waals surface area (Å²) in [6.07, 6.45) is 0. The van der Waals surface area contributed by atoms with Gasteiger partial charge in [0.25, 0.3) is 0 Å². The molecule has 0 unspecified atom stereocenters. The van der Waals surface area contributed by atoms with Crippen LogP contribution in [0.1, 0.15) is 5.56 Å². The van der Waals surface area contributed by atoms with Crippen molar-refractivity contribution in [3.63, 3.8) is 0 Å². The third-order valence-electron chi connectivity index (χ3n) is 2.97. The SMILES string of the molecule is CNS(=O)(=O)c1cccc(NCc2cccc(Cl)c2O)c1. The number of phenolic OH excluding ortho intramolecular Hbond substituents is 1. The van der Waals surface area contributed by atoms with E-state index in [9.17, 15) is 13.5 Å². The predicted molar refractivity (Wildman–Crippen MR) is 83.1 cm³/mol. The van der Waals surface area contributed by atoms with Gasteiger partial charge in [0.05, 0.1) is 9.92 Å². The Hall–Kier alpha value is -1.76. The van der Waals surface area contributed by atoms with Crippen LogP contribution in [0.5, 0.6) is 5.75 Å². The van der Waals surface area contributed by atoms with Crippen LogP contribution in [0.2, 0.25) is 5.02 Å². The Bertz CT molecular complexity index is 748. The molecule has 0 aliphatic heterocycles. The smallest absolute Gasteiger partial charge is 0.240 e. The zero-order valence-electron chi connectivity index (χ0n) is 11.3. The van der Waals surface area contributed by atoms with Crippen molar-refractivity contribution in [2.24, 2.45) is 0 Å². The van der Waals surface area contributed by atoms with Crippen molar-refractivity contribution in [1.29, 1.82) is 0 Å². The lowest BCUT2D eigenvalue weighted by Gasteiger charge is -2.10. The summed E-state index contributed by atoms with van der Waals surface area (Å²) in [4.78, 5) is 0.172. The number of hydrogen-bond donors (Lipinski definition) is 3. The molecular weight excluding hydrogens is 312 g/mol. The molecule has 0 amide bonds. The third kappa shape index (κ3) is 3.66. The van der Waals surface area contributed by atoms with Crippen molar-refractivity contribution in [1.82, 2.24) is 4.72 Å². The van der Waals surface area contributed by atoms with Crippen LogP contribution in [0.3, 0.4) is 0 Å². The number of halogens is 1. The summed E-state index contributed by atoms with van der Waals surface area (Å²) >= 11 is 5.83. The maximum Gasteiger partial charge on any atom is 0.240 e. The van der Waals surface area contributed by atoms with E-state index in [1.165, 1.54) is 19.2 Å². The molecule has 0 bridgehead atoms. The summed E-state index contributed by atoms with van der Waals surface area (Å²) in [7, 11) is -2.12. The van der Waals surface area contributed by atoms with Gasteiger partial charge < -0.3 is 10.4 Å². The summed E-state index contributed by atoms with van der Waals surface area (Å²) in [6.45, 7) is 0.329. The van der Waals surface area contributed by atoms with Crippen LogP contribution >= 0.6 is 11.6 Å². The maximum absolute atomic E-state index is 11.7. The number of nitrogens with one attached hydrogen (secondary N) is 2. The van der Waals surface area contributed by atoms with E-state index in [4.69, 9.17) is 11.6 Å². The number of aromatic hydroxyl groups is 1. The Morgan fingerprint density at radius 2 is 1.90 bits per heavy atom. The first-order valence-electron chi connectivity index (χ1n) is 6.18. The molecule has 7 heteroatoms. The molecule has 0 fully saturated rings. The van der Waals surface area contributed by atoms with Crippen LogP contribution in [-0.4, -0.2) is 20.6 Å². The molecule has 2 aromatic rings. The van der Waals surface area contributed by atoms with E-state index in [-0.39, 0.29) is 15.7 Å². The second kappa shape index (κ2) is 6.34. The topological polar surface area (TPSA) is 78.4 Å². The summed E-state index contributed by atoms with van der Waals surface area (Å²) in [5.74, 6) is 0.0191. The highest BCUT2D eigenvalue weighted by molar-refractivity contribution is 7.89. The quantitative estimate of drug-likeness (QED) is 0.789. The monoisotopic (exact) mass is 326 g/mol. The van der Waals surface area contributed by atoms with E-state index in [1.807, 2.05) is 0 Å². The first-order chi connectivity index (χ1) is 9.94. The van der Waals surface area contributed by atoms with E-state index in [2.05, 4.69) is 10.0 Å². The van der Waals surface area contributed by atoms with Gasteiger partial charge in [-0.05, 0) is 31.3 Å². The van der Waals surface area contributed by atoms with Crippen LogP contribution in [0, 0.1) is 0 Å². The summed E-state index contributed by atoms with van der Waals surface area (Å²) in [6, 6.07) is 11.5. The van der Waals surface area contributed by atoms with Gasteiger partial charge in [-0.2, -0.15) is 0 Å². The molecule has 0 spiro atoms. The molecular formula is C14H15ClN2O3S. The number of rotatable bonds is 5. The largest absolute Gasteiger partial charge is 0.506 e. The second-order valence-corrected chi connectivity index (χ2v) is 6.63. The Morgan fingerprint density at radius 1 is 1.19 bits per heavy atom. The van der Waals surface area contributed by atoms with E-state index in [0.717, 1.165) is 0 Å². The van der Waals surface area contributed by atoms with Gasteiger partial charge in [0.2, 0.25) is 10.0 Å². The molecule has 0 atom stereocenters. The Labute approximate surface area is 128 Å². The van der Waals surface area contributed by atoms with Crippen LogP contribution < -0.4 is 10.0 Å². The average Bonchev–Trinajstić information content (AvgIpc) is 2.49. The van der Waals surface area contributed by atoms with Gasteiger partial charge >= 0.3 is 0 Å². The normalized spacial score (nSPS) is 11.3. The molecule has 0 aromatic heterocycles. The van der Waals surface area contributed by atoms with Crippen molar-refractivity contribution in [2.45, 2.75) is 11.4 Å². The fourth-order valence-corrected chi connectivity index (χ4v) is 2.76. The zero-order chi connectivity index (χ0) is 15.5. The zero-order valence-corrected chi connectivity index (χ0v) is 12.9. The molecule has 0 aliphatic carbocycles. The molecule has 0 aliphatic rings. The molecule has 21 heavy (non-hydrogen) atoms. The lowest BCUT2D eigenvalue weighted by molar-refractivity contribution is 0.469. The maximum atomic E-state index is 11.7. The predicted octanol–water partition coefficient (Wildman–Crippen LogP) is 2.57. The minimum absolute atomic E-state index is 0.0191. The molecule has 3 N–H and O–H groups in total. The first kappa shape index (κ1) is 15.6. The molecule has 0 saturated heterocycles. The van der Waals surface area contributed by atoms with Gasteiger partial charge in [0.15, 0.2) is 0 Å². The Balaban J connectivity index is 2.18. The lowest BCUT2D eigenvalue weighted by atomic mass is 10.2. The number of sulfonamides is 1. The van der Waals surface area contributed by atoms with Crippen molar-refractivity contribution in [3.8, 4) is 5.75 Å². The van der Waals surface area contributed by atoms with Crippen molar-refractivity contribution >= 4 is 27.3 Å². The molecule has 0 saturated carbocycles. The van der Waals surface area contributed by atoms with Crippen molar-refractivity contribution in [3.05, 3.63) is 53.1 Å². The number of benzene rings is 2. The van der Waals surface area contributed by atoms with Gasteiger partial charge in [-0.3, -0.25) is 0 Å². The summed E-state index contributed by atoms with van der Waals surface area (Å²) < 4.78 is 25.7. The van der Waals surface area contributed by atoms with Crippen LogP contribution in [-0.2, 0) is 16.6 Å². The highest BCUT2D eigenvalue weighted by Crippen LogP contribution is 2.27. The van der Waals surface area contributed by atoms with E-state index >= 15 is 0 Å². The average molecular weight is 327 g/mol. The fraction of sp³-hybridized carbons (Fsp3) is 0.143. The number of anilines is 1. The lowest BCUT2D eigenvalue weighted by Crippen LogP contribution is -2.18. The number of hydrogen-bond acceptors (Lipinski definition) is 4. The van der Waals surface area contributed by atoms with Gasteiger partial charge in [-0.15, -0.1) is 0 Å². The van der Waals surface area contributed by atoms with Gasteiger partial charge in [0.1, 0.15) is 5.75 Å². The first-order valence-corrected chi connectivity index (χ1v) is 8.04. The minimum atomic E-state index is -3.48. The van der Waals surface area contributed by atoms with E-state index < -0.39 is 10.0 Å². The van der Waals surface area contributed by atoms with Crippen molar-refractivity contribution < 1.29 is 13.5 Å². The highest BCUT2D eigenvalue weighted by atomic mass is 35.5. The standard InChI is InChI=1S/C14H15ClN2O3S/c1-16-21(19,20)12-6-3-5-11(8-12)17-9-10-4-2-7-13(15)14(10)18/h2-8,16-18H,9H2,1H3. The molecule has 112 valence electrons. The van der Waals surface area contributed by atoms with Gasteiger partial charge in [-0.25, -0.2) is 13.1 Å². The third-order valence-corrected chi connectivity index (χ3v) is 4.68. The number of para-hydroxylation sites is 1. The molecule has 2 rings (SSSR count). The summed E-state index contributed by atoms with van der Waals surface area (Å²) in [5.41, 5.74) is 1.26. The Kier molecular flexibility index (Phi) is 4.72. The summed E-state index contributed by atoms with van der Waals surface area (Å²) in [5, 5.41) is 13.2. The van der Waals surface area contributed by atoms with Crippen LogP contribution in [0.15, 0.2) is 47.4 Å². The fourth-order valence-electron chi connectivity index (χ4n) is 1.79. The molecule has 5 nitrogen and oxygen atoms in total. The van der Waals surface area contributed by atoms with Crippen molar-refractivity contribution in [2.75, 3.05) is 12.4 Å². The van der Waals surface area contributed by atoms with E-state index in [1.54, 1.807) is 30.3 Å². The molecule has 0 radical (unpaired) electrons. The van der Waals surface area contributed by atoms with Gasteiger partial charge in [0, 0.05) is 17.8 Å². The molecule has 0 heterocycles. The highest BCUT2D eigenvalue weighted by Gasteiger charge is 2.11. The van der Waals surface area contributed by atoms with Crippen LogP contribution in [0.25, 0.3) is 0 Å². The minimum Gasteiger partial charge on any atom is -0.506 e. The number of phenols is 1. The van der Waals surface area contributed by atoms with Gasteiger partial charge in [-0.1, -0.05) is 29.8 Å². The molecule has 2 aromatic carbocycles.